The Morgan fingerprint density at radius 2 is 2.17 bits per heavy atom. The molecule has 0 aromatic heterocycles. The first-order chi connectivity index (χ1) is 11.3. The summed E-state index contributed by atoms with van der Waals surface area (Å²) in [5.41, 5.74) is 1.09. The molecule has 1 saturated heterocycles. The SMILES string of the molecule is CCOc1cccc(CNC(=NC)N2CCS(=O)(=O)C(C)(C)C2)c1. The van der Waals surface area contributed by atoms with Crippen molar-refractivity contribution < 1.29 is 13.2 Å². The number of hydrogen-bond donors (Lipinski definition) is 1. The van der Waals surface area contributed by atoms with Gasteiger partial charge in [0.2, 0.25) is 0 Å². The Bertz CT molecular complexity index is 699. The van der Waals surface area contributed by atoms with E-state index in [0.29, 0.717) is 26.2 Å². The van der Waals surface area contributed by atoms with Crippen molar-refractivity contribution >= 4 is 15.8 Å². The van der Waals surface area contributed by atoms with E-state index >= 15 is 0 Å². The molecule has 1 aliphatic rings. The summed E-state index contributed by atoms with van der Waals surface area (Å²) >= 11 is 0. The van der Waals surface area contributed by atoms with Crippen molar-refractivity contribution in [2.24, 2.45) is 4.99 Å². The Morgan fingerprint density at radius 3 is 2.79 bits per heavy atom. The van der Waals surface area contributed by atoms with Crippen LogP contribution in [0.5, 0.6) is 5.75 Å². The fraction of sp³-hybridized carbons (Fsp3) is 0.588. The third-order valence-electron chi connectivity index (χ3n) is 4.21. The average Bonchev–Trinajstić information content (AvgIpc) is 2.52. The lowest BCUT2D eigenvalue weighted by molar-refractivity contribution is 0.339. The maximum absolute atomic E-state index is 12.1. The molecule has 1 heterocycles. The van der Waals surface area contributed by atoms with Crippen LogP contribution in [0.1, 0.15) is 26.3 Å². The van der Waals surface area contributed by atoms with Gasteiger partial charge in [-0.2, -0.15) is 0 Å². The second kappa shape index (κ2) is 7.42. The van der Waals surface area contributed by atoms with Gasteiger partial charge in [-0.3, -0.25) is 4.99 Å². The monoisotopic (exact) mass is 353 g/mol. The van der Waals surface area contributed by atoms with Crippen molar-refractivity contribution in [1.82, 2.24) is 10.2 Å². The molecular weight excluding hydrogens is 326 g/mol. The van der Waals surface area contributed by atoms with Crippen LogP contribution in [0.2, 0.25) is 0 Å². The number of aliphatic imine (C=N–C) groups is 1. The zero-order valence-corrected chi connectivity index (χ0v) is 15.7. The zero-order valence-electron chi connectivity index (χ0n) is 14.9. The molecule has 2 rings (SSSR count). The topological polar surface area (TPSA) is 71.0 Å². The van der Waals surface area contributed by atoms with Gasteiger partial charge in [-0.1, -0.05) is 12.1 Å². The molecule has 1 aromatic rings. The Hall–Kier alpha value is -1.76. The molecule has 0 aliphatic carbocycles. The first-order valence-corrected chi connectivity index (χ1v) is 9.84. The molecule has 0 bridgehead atoms. The summed E-state index contributed by atoms with van der Waals surface area (Å²) in [6.45, 7) is 7.64. The highest BCUT2D eigenvalue weighted by atomic mass is 32.2. The van der Waals surface area contributed by atoms with Crippen LogP contribution in [0.3, 0.4) is 0 Å². The van der Waals surface area contributed by atoms with E-state index in [1.807, 2.05) is 36.1 Å². The highest BCUT2D eigenvalue weighted by molar-refractivity contribution is 7.92. The van der Waals surface area contributed by atoms with Crippen molar-refractivity contribution in [2.75, 3.05) is 32.5 Å². The molecule has 0 saturated carbocycles. The minimum absolute atomic E-state index is 0.153. The number of nitrogens with one attached hydrogen (secondary N) is 1. The molecule has 1 N–H and O–H groups in total. The summed E-state index contributed by atoms with van der Waals surface area (Å²) < 4.78 is 29.0. The normalized spacial score (nSPS) is 19.8. The van der Waals surface area contributed by atoms with Crippen LogP contribution in [0.25, 0.3) is 0 Å². The molecule has 0 atom stereocenters. The Balaban J connectivity index is 2.02. The molecule has 134 valence electrons. The maximum atomic E-state index is 12.1. The molecule has 0 unspecified atom stereocenters. The third kappa shape index (κ3) is 4.20. The molecule has 0 spiro atoms. The predicted molar refractivity (Wildman–Crippen MR) is 97.2 cm³/mol. The average molecular weight is 353 g/mol. The Morgan fingerprint density at radius 1 is 1.42 bits per heavy atom. The second-order valence-corrected chi connectivity index (χ2v) is 9.22. The van der Waals surface area contributed by atoms with Gasteiger partial charge in [0.25, 0.3) is 0 Å². The summed E-state index contributed by atoms with van der Waals surface area (Å²) in [6, 6.07) is 7.91. The summed E-state index contributed by atoms with van der Waals surface area (Å²) in [7, 11) is -1.34. The molecule has 0 radical (unpaired) electrons. The largest absolute Gasteiger partial charge is 0.494 e. The molecule has 1 aromatic carbocycles. The number of guanidine groups is 1. The highest BCUT2D eigenvalue weighted by Gasteiger charge is 2.40. The third-order valence-corrected chi connectivity index (χ3v) is 6.75. The van der Waals surface area contributed by atoms with Crippen molar-refractivity contribution in [2.45, 2.75) is 32.1 Å². The van der Waals surface area contributed by atoms with Crippen LogP contribution in [0, 0.1) is 0 Å². The molecular formula is C17H27N3O3S. The van der Waals surface area contributed by atoms with Gasteiger partial charge >= 0.3 is 0 Å². The standard InChI is InChI=1S/C17H27N3O3S/c1-5-23-15-8-6-7-14(11-15)12-19-16(18-4)20-9-10-24(21,22)17(2,3)13-20/h6-8,11H,5,9-10,12-13H2,1-4H3,(H,18,19). The molecule has 0 amide bonds. The van der Waals surface area contributed by atoms with Crippen molar-refractivity contribution in [1.29, 1.82) is 0 Å². The number of rotatable bonds is 4. The van der Waals surface area contributed by atoms with E-state index in [1.165, 1.54) is 0 Å². The predicted octanol–water partition coefficient (Wildman–Crippen LogP) is 1.67. The number of ether oxygens (including phenoxy) is 1. The van der Waals surface area contributed by atoms with Crippen LogP contribution in [-0.2, 0) is 16.4 Å². The van der Waals surface area contributed by atoms with E-state index in [0.717, 1.165) is 17.3 Å². The lowest BCUT2D eigenvalue weighted by Gasteiger charge is -2.39. The molecule has 6 nitrogen and oxygen atoms in total. The van der Waals surface area contributed by atoms with Gasteiger partial charge in [0, 0.05) is 26.7 Å². The van der Waals surface area contributed by atoms with Crippen LogP contribution in [-0.4, -0.2) is 56.5 Å². The summed E-state index contributed by atoms with van der Waals surface area (Å²) in [6.07, 6.45) is 0. The lowest BCUT2D eigenvalue weighted by atomic mass is 10.2. The fourth-order valence-corrected chi connectivity index (χ4v) is 4.12. The van der Waals surface area contributed by atoms with Gasteiger partial charge < -0.3 is 15.0 Å². The molecule has 1 aliphatic heterocycles. The quantitative estimate of drug-likeness (QED) is 0.659. The lowest BCUT2D eigenvalue weighted by Crippen LogP contribution is -2.57. The highest BCUT2D eigenvalue weighted by Crippen LogP contribution is 2.23. The number of hydrogen-bond acceptors (Lipinski definition) is 4. The number of sulfone groups is 1. The van der Waals surface area contributed by atoms with Crippen molar-refractivity contribution in [3.05, 3.63) is 29.8 Å². The van der Waals surface area contributed by atoms with Crippen LogP contribution >= 0.6 is 0 Å². The van der Waals surface area contributed by atoms with Gasteiger partial charge in [0.15, 0.2) is 15.8 Å². The zero-order chi connectivity index (χ0) is 17.8. The Kier molecular flexibility index (Phi) is 5.74. The first-order valence-electron chi connectivity index (χ1n) is 8.18. The minimum atomic E-state index is -3.06. The van der Waals surface area contributed by atoms with Crippen LogP contribution in [0.4, 0.5) is 0 Å². The fourth-order valence-electron chi connectivity index (χ4n) is 2.75. The summed E-state index contributed by atoms with van der Waals surface area (Å²) in [4.78, 5) is 6.31. The van der Waals surface area contributed by atoms with Crippen LogP contribution in [0.15, 0.2) is 29.3 Å². The number of benzene rings is 1. The smallest absolute Gasteiger partial charge is 0.193 e. The van der Waals surface area contributed by atoms with Gasteiger partial charge in [-0.05, 0) is 38.5 Å². The van der Waals surface area contributed by atoms with E-state index in [2.05, 4.69) is 10.3 Å². The van der Waals surface area contributed by atoms with Crippen LogP contribution < -0.4 is 10.1 Å². The molecule has 24 heavy (non-hydrogen) atoms. The summed E-state index contributed by atoms with van der Waals surface area (Å²) in [5.74, 6) is 1.72. The van der Waals surface area contributed by atoms with E-state index in [-0.39, 0.29) is 5.75 Å². The van der Waals surface area contributed by atoms with Crippen molar-refractivity contribution in [3.8, 4) is 5.75 Å². The minimum Gasteiger partial charge on any atom is -0.494 e. The Labute approximate surface area is 144 Å². The van der Waals surface area contributed by atoms with E-state index in [4.69, 9.17) is 4.74 Å². The molecule has 1 fully saturated rings. The summed E-state index contributed by atoms with van der Waals surface area (Å²) in [5, 5.41) is 3.32. The van der Waals surface area contributed by atoms with E-state index in [9.17, 15) is 8.42 Å². The van der Waals surface area contributed by atoms with Gasteiger partial charge in [-0.25, -0.2) is 8.42 Å². The first kappa shape index (κ1) is 18.6. The van der Waals surface area contributed by atoms with E-state index in [1.54, 1.807) is 20.9 Å². The van der Waals surface area contributed by atoms with Gasteiger partial charge in [0.05, 0.1) is 17.1 Å². The van der Waals surface area contributed by atoms with Gasteiger partial charge in [-0.15, -0.1) is 0 Å². The molecule has 7 heteroatoms. The number of nitrogens with zero attached hydrogens (tertiary/aromatic N) is 2. The van der Waals surface area contributed by atoms with Gasteiger partial charge in [0.1, 0.15) is 5.75 Å². The van der Waals surface area contributed by atoms with Crippen molar-refractivity contribution in [3.63, 3.8) is 0 Å². The maximum Gasteiger partial charge on any atom is 0.193 e. The van der Waals surface area contributed by atoms with E-state index < -0.39 is 14.6 Å². The second-order valence-electron chi connectivity index (χ2n) is 6.48.